The number of furan rings is 1. The van der Waals surface area contributed by atoms with Crippen molar-refractivity contribution in [3.63, 3.8) is 0 Å². The molecule has 4 heterocycles. The largest absolute Gasteiger partial charge is 0.452 e. The van der Waals surface area contributed by atoms with E-state index in [-0.39, 0.29) is 0 Å². The zero-order valence-corrected chi connectivity index (χ0v) is 30.7. The lowest BCUT2D eigenvalue weighted by Gasteiger charge is -2.10. The minimum absolute atomic E-state index is 0.701. The second kappa shape index (κ2) is 12.4. The molecule has 57 heavy (non-hydrogen) atoms. The van der Waals surface area contributed by atoms with Gasteiger partial charge >= 0.3 is 0 Å². The van der Waals surface area contributed by atoms with E-state index in [4.69, 9.17) is 4.42 Å². The van der Waals surface area contributed by atoms with Gasteiger partial charge in [-0.3, -0.25) is 0 Å². The SMILES string of the molecule is c1ccc(-c2ccc3c(c2)c2cc(-c4ccc5c(c4)c4ccccc4n5-c4ccccc4)ccc2n3-c2ccc(-c3ncnc4c3oc3ccccc34)cc2)cc1. The molecule has 0 fully saturated rings. The van der Waals surface area contributed by atoms with Crippen LogP contribution in [0.2, 0.25) is 0 Å². The molecular formula is C52H32N4O. The Morgan fingerprint density at radius 1 is 0.351 bits per heavy atom. The summed E-state index contributed by atoms with van der Waals surface area (Å²) in [6.07, 6.45) is 1.63. The van der Waals surface area contributed by atoms with Crippen LogP contribution in [0, 0.1) is 0 Å². The van der Waals surface area contributed by atoms with E-state index in [1.54, 1.807) is 6.33 Å². The maximum atomic E-state index is 6.29. The standard InChI is InChI=1S/C52H32N4O/c1-3-11-33(12-4-1)35-21-26-47-43(29-35)44-31-37(36-22-27-46-42(30-36)40-15-7-9-17-45(40)55(46)38-13-5-2-6-14-38)23-28-48(44)56(47)39-24-19-34(20-25-39)50-52-51(54-32-53-50)41-16-8-10-18-49(41)57-52/h1-32H. The third kappa shape index (κ3) is 4.89. The van der Waals surface area contributed by atoms with Crippen LogP contribution in [0.5, 0.6) is 0 Å². The van der Waals surface area contributed by atoms with E-state index < -0.39 is 0 Å². The number of para-hydroxylation sites is 3. The highest BCUT2D eigenvalue weighted by atomic mass is 16.3. The van der Waals surface area contributed by atoms with E-state index in [2.05, 4.69) is 183 Å². The molecule has 4 aromatic heterocycles. The average molecular weight is 729 g/mol. The van der Waals surface area contributed by atoms with Crippen molar-refractivity contribution in [2.45, 2.75) is 0 Å². The van der Waals surface area contributed by atoms with Gasteiger partial charge < -0.3 is 13.6 Å². The van der Waals surface area contributed by atoms with E-state index in [9.17, 15) is 0 Å². The molecule has 0 bridgehead atoms. The zero-order chi connectivity index (χ0) is 37.5. The minimum Gasteiger partial charge on any atom is -0.452 e. The monoisotopic (exact) mass is 728 g/mol. The highest BCUT2D eigenvalue weighted by Crippen LogP contribution is 2.40. The summed E-state index contributed by atoms with van der Waals surface area (Å²) in [6, 6.07) is 67.3. The number of fused-ring (bicyclic) bond motifs is 9. The second-order valence-corrected chi connectivity index (χ2v) is 14.6. The van der Waals surface area contributed by atoms with Crippen LogP contribution < -0.4 is 0 Å². The van der Waals surface area contributed by atoms with Crippen LogP contribution >= 0.6 is 0 Å². The molecule has 0 aliphatic heterocycles. The minimum atomic E-state index is 0.701. The summed E-state index contributed by atoms with van der Waals surface area (Å²) < 4.78 is 11.0. The summed E-state index contributed by atoms with van der Waals surface area (Å²) in [5.74, 6) is 0. The molecule has 0 radical (unpaired) electrons. The quantitative estimate of drug-likeness (QED) is 0.177. The fourth-order valence-electron chi connectivity index (χ4n) is 8.80. The molecule has 0 aliphatic rings. The maximum absolute atomic E-state index is 6.29. The van der Waals surface area contributed by atoms with Gasteiger partial charge in [0.1, 0.15) is 23.1 Å². The first-order chi connectivity index (χ1) is 28.3. The van der Waals surface area contributed by atoms with Gasteiger partial charge in [0.05, 0.1) is 22.1 Å². The topological polar surface area (TPSA) is 48.8 Å². The number of benzene rings is 8. The molecule has 5 heteroatoms. The number of rotatable bonds is 5. The first-order valence-electron chi connectivity index (χ1n) is 19.2. The summed E-state index contributed by atoms with van der Waals surface area (Å²) in [7, 11) is 0. The highest BCUT2D eigenvalue weighted by molar-refractivity contribution is 6.13. The molecule has 0 N–H and O–H groups in total. The van der Waals surface area contributed by atoms with Crippen LogP contribution in [-0.2, 0) is 0 Å². The molecule has 12 rings (SSSR count). The lowest BCUT2D eigenvalue weighted by atomic mass is 9.99. The summed E-state index contributed by atoms with van der Waals surface area (Å²) in [6.45, 7) is 0. The first kappa shape index (κ1) is 31.6. The van der Waals surface area contributed by atoms with Crippen LogP contribution in [0.15, 0.2) is 199 Å². The van der Waals surface area contributed by atoms with E-state index in [1.807, 2.05) is 24.3 Å². The number of hydrogen-bond acceptors (Lipinski definition) is 3. The summed E-state index contributed by atoms with van der Waals surface area (Å²) >= 11 is 0. The van der Waals surface area contributed by atoms with E-state index in [0.717, 1.165) is 50.2 Å². The Kier molecular flexibility index (Phi) is 6.86. The lowest BCUT2D eigenvalue weighted by molar-refractivity contribution is 0.667. The zero-order valence-electron chi connectivity index (χ0n) is 30.7. The highest BCUT2D eigenvalue weighted by Gasteiger charge is 2.18. The van der Waals surface area contributed by atoms with Gasteiger partial charge in [0.25, 0.3) is 0 Å². The Hall–Kier alpha value is -7.76. The predicted molar refractivity (Wildman–Crippen MR) is 234 cm³/mol. The van der Waals surface area contributed by atoms with Crippen LogP contribution in [0.25, 0.3) is 111 Å². The Morgan fingerprint density at radius 3 is 1.51 bits per heavy atom. The van der Waals surface area contributed by atoms with Crippen molar-refractivity contribution in [3.05, 3.63) is 194 Å². The molecule has 5 nitrogen and oxygen atoms in total. The third-order valence-electron chi connectivity index (χ3n) is 11.4. The first-order valence-corrected chi connectivity index (χ1v) is 19.2. The van der Waals surface area contributed by atoms with Gasteiger partial charge in [0.2, 0.25) is 0 Å². The number of aromatic nitrogens is 4. The lowest BCUT2D eigenvalue weighted by Crippen LogP contribution is -1.94. The Bertz CT molecular complexity index is 3500. The molecular weight excluding hydrogens is 697 g/mol. The van der Waals surface area contributed by atoms with Crippen molar-refractivity contribution >= 4 is 65.7 Å². The molecule has 266 valence electrons. The molecule has 8 aromatic carbocycles. The molecule has 0 saturated carbocycles. The van der Waals surface area contributed by atoms with E-state index >= 15 is 0 Å². The predicted octanol–water partition coefficient (Wildman–Crippen LogP) is 13.6. The Labute approximate surface area is 327 Å². The molecule has 0 spiro atoms. The van der Waals surface area contributed by atoms with Crippen molar-refractivity contribution in [2.24, 2.45) is 0 Å². The molecule has 0 saturated heterocycles. The van der Waals surface area contributed by atoms with Crippen LogP contribution in [0.4, 0.5) is 0 Å². The van der Waals surface area contributed by atoms with E-state index in [0.29, 0.717) is 5.58 Å². The van der Waals surface area contributed by atoms with Crippen molar-refractivity contribution in [3.8, 4) is 44.9 Å². The van der Waals surface area contributed by atoms with Crippen LogP contribution in [0.3, 0.4) is 0 Å². The van der Waals surface area contributed by atoms with Crippen molar-refractivity contribution in [2.75, 3.05) is 0 Å². The van der Waals surface area contributed by atoms with E-state index in [1.165, 1.54) is 54.8 Å². The van der Waals surface area contributed by atoms with Gasteiger partial charge in [-0.05, 0) is 101 Å². The Morgan fingerprint density at radius 2 is 0.842 bits per heavy atom. The van der Waals surface area contributed by atoms with Gasteiger partial charge in [0.15, 0.2) is 5.58 Å². The summed E-state index contributed by atoms with van der Waals surface area (Å²) in [5, 5.41) is 5.89. The number of hydrogen-bond donors (Lipinski definition) is 0. The second-order valence-electron chi connectivity index (χ2n) is 14.6. The van der Waals surface area contributed by atoms with Gasteiger partial charge in [0, 0.05) is 43.9 Å². The van der Waals surface area contributed by atoms with Crippen molar-refractivity contribution < 1.29 is 4.42 Å². The van der Waals surface area contributed by atoms with Gasteiger partial charge in [-0.1, -0.05) is 109 Å². The summed E-state index contributed by atoms with van der Waals surface area (Å²) in [5.41, 5.74) is 15.8. The van der Waals surface area contributed by atoms with Crippen molar-refractivity contribution in [1.29, 1.82) is 0 Å². The molecule has 0 atom stereocenters. The fourth-order valence-corrected chi connectivity index (χ4v) is 8.80. The molecule has 0 aliphatic carbocycles. The molecule has 0 unspecified atom stereocenters. The van der Waals surface area contributed by atoms with Crippen LogP contribution in [-0.4, -0.2) is 19.1 Å². The normalized spacial score (nSPS) is 11.9. The van der Waals surface area contributed by atoms with Gasteiger partial charge in [-0.25, -0.2) is 9.97 Å². The summed E-state index contributed by atoms with van der Waals surface area (Å²) in [4.78, 5) is 9.25. The molecule has 0 amide bonds. The molecule has 12 aromatic rings. The Balaban J connectivity index is 1.02. The average Bonchev–Trinajstić information content (AvgIpc) is 3.94. The smallest absolute Gasteiger partial charge is 0.180 e. The maximum Gasteiger partial charge on any atom is 0.180 e. The fraction of sp³-hybridized carbons (Fsp3) is 0. The van der Waals surface area contributed by atoms with Crippen LogP contribution in [0.1, 0.15) is 0 Å². The third-order valence-corrected chi connectivity index (χ3v) is 11.4. The number of nitrogens with zero attached hydrogens (tertiary/aromatic N) is 4. The van der Waals surface area contributed by atoms with Gasteiger partial charge in [-0.2, -0.15) is 0 Å². The van der Waals surface area contributed by atoms with Crippen molar-refractivity contribution in [1.82, 2.24) is 19.1 Å². The van der Waals surface area contributed by atoms with Gasteiger partial charge in [-0.15, -0.1) is 0 Å².